The molecule has 0 spiro atoms. The number of hydrogen-bond acceptors (Lipinski definition) is 7. The Morgan fingerprint density at radius 1 is 0.775 bits per heavy atom. The highest BCUT2D eigenvalue weighted by Crippen LogP contribution is 2.23. The van der Waals surface area contributed by atoms with Crippen molar-refractivity contribution in [1.29, 1.82) is 0 Å². The molecule has 2 N–H and O–H groups in total. The van der Waals surface area contributed by atoms with Crippen LogP contribution in [0.1, 0.15) is 17.3 Å². The number of piperazine rings is 1. The van der Waals surface area contributed by atoms with Gasteiger partial charge in [0.1, 0.15) is 0 Å². The lowest BCUT2D eigenvalue weighted by molar-refractivity contribution is -0.130. The summed E-state index contributed by atoms with van der Waals surface area (Å²) in [6.07, 6.45) is 1.62. The highest BCUT2D eigenvalue weighted by molar-refractivity contribution is 7.92. The van der Waals surface area contributed by atoms with Crippen LogP contribution >= 0.6 is 0 Å². The molecule has 1 aromatic heterocycles. The van der Waals surface area contributed by atoms with E-state index in [0.29, 0.717) is 54.8 Å². The molecule has 1 aliphatic rings. The first-order chi connectivity index (χ1) is 19.3. The quantitative estimate of drug-likeness (QED) is 0.353. The fourth-order valence-electron chi connectivity index (χ4n) is 4.34. The molecule has 4 aromatic rings. The molecule has 0 aliphatic carbocycles. The summed E-state index contributed by atoms with van der Waals surface area (Å²) >= 11 is 0. The summed E-state index contributed by atoms with van der Waals surface area (Å²) in [5, 5.41) is 3.14. The second-order valence-electron chi connectivity index (χ2n) is 9.26. The maximum absolute atomic E-state index is 12.9. The van der Waals surface area contributed by atoms with E-state index in [1.165, 1.54) is 19.1 Å². The summed E-state index contributed by atoms with van der Waals surface area (Å²) < 4.78 is 28.0. The molecule has 10 nitrogen and oxygen atoms in total. The van der Waals surface area contributed by atoms with Crippen molar-refractivity contribution in [3.8, 4) is 11.3 Å². The summed E-state index contributed by atoms with van der Waals surface area (Å²) in [6, 6.07) is 24.0. The van der Waals surface area contributed by atoms with Crippen LogP contribution in [0, 0.1) is 0 Å². The second kappa shape index (κ2) is 11.5. The molecule has 5 rings (SSSR count). The summed E-state index contributed by atoms with van der Waals surface area (Å²) in [5.41, 5.74) is 3.11. The largest absolute Gasteiger partial charge is 0.339 e. The molecule has 1 saturated heterocycles. The number of nitrogens with one attached hydrogen (secondary N) is 2. The van der Waals surface area contributed by atoms with Crippen molar-refractivity contribution in [3.05, 3.63) is 96.7 Å². The molecule has 0 unspecified atom stereocenters. The molecule has 2 amide bonds. The van der Waals surface area contributed by atoms with Crippen LogP contribution in [0.4, 0.5) is 17.3 Å². The standard InChI is InChI=1S/C29H28N6O4S/c1-21(36)34-17-19-35(20-18-34)28(37)23-7-11-24(12-8-23)31-29-30-16-15-27(32-29)22-9-13-26(14-10-22)40(38,39)33-25-5-3-2-4-6-25/h2-16,33H,17-20H2,1H3,(H,30,31,32). The first-order valence-electron chi connectivity index (χ1n) is 12.7. The van der Waals surface area contributed by atoms with Crippen LogP contribution in [-0.2, 0) is 14.8 Å². The Balaban J connectivity index is 1.23. The zero-order valence-corrected chi connectivity index (χ0v) is 22.6. The highest BCUT2D eigenvalue weighted by Gasteiger charge is 2.23. The van der Waals surface area contributed by atoms with E-state index in [0.717, 1.165) is 5.56 Å². The number of carbonyl (C=O) groups is 2. The predicted octanol–water partition coefficient (Wildman–Crippen LogP) is 3.99. The van der Waals surface area contributed by atoms with Gasteiger partial charge in [-0.1, -0.05) is 30.3 Å². The van der Waals surface area contributed by atoms with Gasteiger partial charge in [-0.2, -0.15) is 0 Å². The van der Waals surface area contributed by atoms with E-state index < -0.39 is 10.0 Å². The van der Waals surface area contributed by atoms with Crippen LogP contribution in [0.15, 0.2) is 96.0 Å². The van der Waals surface area contributed by atoms with Crippen LogP contribution in [0.5, 0.6) is 0 Å². The minimum Gasteiger partial charge on any atom is -0.339 e. The molecular formula is C29H28N6O4S. The molecule has 2 heterocycles. The molecule has 0 radical (unpaired) electrons. The molecule has 3 aromatic carbocycles. The molecule has 0 saturated carbocycles. The molecule has 1 fully saturated rings. The van der Waals surface area contributed by atoms with Gasteiger partial charge in [-0.15, -0.1) is 0 Å². The lowest BCUT2D eigenvalue weighted by Gasteiger charge is -2.34. The van der Waals surface area contributed by atoms with Crippen molar-refractivity contribution < 1.29 is 18.0 Å². The summed E-state index contributed by atoms with van der Waals surface area (Å²) in [4.78, 5) is 36.9. The average Bonchev–Trinajstić information content (AvgIpc) is 2.98. The van der Waals surface area contributed by atoms with E-state index in [-0.39, 0.29) is 16.7 Å². The number of carbonyl (C=O) groups excluding carboxylic acids is 2. The van der Waals surface area contributed by atoms with E-state index >= 15 is 0 Å². The zero-order valence-electron chi connectivity index (χ0n) is 21.8. The normalized spacial score (nSPS) is 13.5. The second-order valence-corrected chi connectivity index (χ2v) is 10.9. The molecule has 1 aliphatic heterocycles. The van der Waals surface area contributed by atoms with E-state index in [9.17, 15) is 18.0 Å². The SMILES string of the molecule is CC(=O)N1CCN(C(=O)c2ccc(Nc3nccc(-c4ccc(S(=O)(=O)Nc5ccccc5)cc4)n3)cc2)CC1. The third-order valence-electron chi connectivity index (χ3n) is 6.54. The number of benzene rings is 3. The molecule has 0 atom stereocenters. The van der Waals surface area contributed by atoms with E-state index in [2.05, 4.69) is 20.0 Å². The number of rotatable bonds is 7. The monoisotopic (exact) mass is 556 g/mol. The molecule has 40 heavy (non-hydrogen) atoms. The van der Waals surface area contributed by atoms with Crippen LogP contribution in [0.25, 0.3) is 11.3 Å². The first-order valence-corrected chi connectivity index (χ1v) is 14.2. The molecule has 204 valence electrons. The smallest absolute Gasteiger partial charge is 0.261 e. The number of para-hydroxylation sites is 1. The van der Waals surface area contributed by atoms with Crippen molar-refractivity contribution in [2.24, 2.45) is 0 Å². The minimum absolute atomic E-state index is 0.0231. The summed E-state index contributed by atoms with van der Waals surface area (Å²) in [5.74, 6) is 0.312. The van der Waals surface area contributed by atoms with Crippen molar-refractivity contribution >= 4 is 39.2 Å². The number of amides is 2. The average molecular weight is 557 g/mol. The van der Waals surface area contributed by atoms with Crippen molar-refractivity contribution in [2.75, 3.05) is 36.2 Å². The van der Waals surface area contributed by atoms with Gasteiger partial charge in [0.25, 0.3) is 15.9 Å². The Morgan fingerprint density at radius 2 is 1.43 bits per heavy atom. The molecule has 11 heteroatoms. The Kier molecular flexibility index (Phi) is 7.74. The van der Waals surface area contributed by atoms with Gasteiger partial charge in [0, 0.05) is 61.8 Å². The van der Waals surface area contributed by atoms with Crippen LogP contribution in [0.3, 0.4) is 0 Å². The maximum Gasteiger partial charge on any atom is 0.261 e. The first kappa shape index (κ1) is 26.8. The number of nitrogens with zero attached hydrogens (tertiary/aromatic N) is 4. The van der Waals surface area contributed by atoms with Gasteiger partial charge >= 0.3 is 0 Å². The number of anilines is 3. The van der Waals surface area contributed by atoms with Crippen molar-refractivity contribution in [3.63, 3.8) is 0 Å². The Bertz CT molecular complexity index is 1600. The Hall–Kier alpha value is -4.77. The molecule has 0 bridgehead atoms. The lowest BCUT2D eigenvalue weighted by atomic mass is 10.1. The van der Waals surface area contributed by atoms with Crippen LogP contribution in [0.2, 0.25) is 0 Å². The maximum atomic E-state index is 12.9. The number of aromatic nitrogens is 2. The third kappa shape index (κ3) is 6.26. The number of sulfonamides is 1. The molecular weight excluding hydrogens is 528 g/mol. The van der Waals surface area contributed by atoms with E-state index in [1.807, 2.05) is 6.07 Å². The van der Waals surface area contributed by atoms with Gasteiger partial charge in [0.2, 0.25) is 11.9 Å². The van der Waals surface area contributed by atoms with E-state index in [1.54, 1.807) is 82.7 Å². The number of hydrogen-bond donors (Lipinski definition) is 2. The van der Waals surface area contributed by atoms with Crippen molar-refractivity contribution in [2.45, 2.75) is 11.8 Å². The zero-order chi connectivity index (χ0) is 28.1. The van der Waals surface area contributed by atoms with E-state index in [4.69, 9.17) is 0 Å². The van der Waals surface area contributed by atoms with Gasteiger partial charge in [-0.05, 0) is 54.6 Å². The van der Waals surface area contributed by atoms with Gasteiger partial charge < -0.3 is 15.1 Å². The van der Waals surface area contributed by atoms with Gasteiger partial charge in [0.05, 0.1) is 10.6 Å². The third-order valence-corrected chi connectivity index (χ3v) is 7.94. The lowest BCUT2D eigenvalue weighted by Crippen LogP contribution is -2.50. The topological polar surface area (TPSA) is 125 Å². The highest BCUT2D eigenvalue weighted by atomic mass is 32.2. The van der Waals surface area contributed by atoms with Gasteiger partial charge in [-0.3, -0.25) is 14.3 Å². The summed E-state index contributed by atoms with van der Waals surface area (Å²) in [7, 11) is -3.72. The van der Waals surface area contributed by atoms with Crippen LogP contribution < -0.4 is 10.0 Å². The Morgan fingerprint density at radius 3 is 2.08 bits per heavy atom. The Labute approximate surface area is 232 Å². The van der Waals surface area contributed by atoms with Gasteiger partial charge in [-0.25, -0.2) is 18.4 Å². The fraction of sp³-hybridized carbons (Fsp3) is 0.172. The van der Waals surface area contributed by atoms with Gasteiger partial charge in [0.15, 0.2) is 0 Å². The predicted molar refractivity (Wildman–Crippen MR) is 153 cm³/mol. The van der Waals surface area contributed by atoms with Crippen molar-refractivity contribution in [1.82, 2.24) is 19.8 Å². The summed E-state index contributed by atoms with van der Waals surface area (Å²) in [6.45, 7) is 3.64. The van der Waals surface area contributed by atoms with Crippen LogP contribution in [-0.4, -0.2) is 66.2 Å². The fourth-order valence-corrected chi connectivity index (χ4v) is 5.40. The minimum atomic E-state index is -3.72.